The first-order chi connectivity index (χ1) is 5.46. The summed E-state index contributed by atoms with van der Waals surface area (Å²) in [5.41, 5.74) is -0.348. The average Bonchev–Trinajstić information content (AvgIpc) is 2.16. The summed E-state index contributed by atoms with van der Waals surface area (Å²) in [5, 5.41) is 20.9. The maximum absolute atomic E-state index is 9.87. The summed E-state index contributed by atoms with van der Waals surface area (Å²) in [6, 6.07) is 0. The molecule has 2 fully saturated rings. The van der Waals surface area contributed by atoms with E-state index in [1.165, 1.54) is 5.06 Å². The first kappa shape index (κ1) is 8.48. The molecule has 2 unspecified atom stereocenters. The number of aliphatic hydroxyl groups is 1. The van der Waals surface area contributed by atoms with Crippen LogP contribution < -0.4 is 0 Å². The van der Waals surface area contributed by atoms with E-state index in [4.69, 9.17) is 0 Å². The first-order valence-electron chi connectivity index (χ1n) is 4.64. The maximum atomic E-state index is 9.87. The van der Waals surface area contributed by atoms with Gasteiger partial charge < -0.3 is 10.3 Å². The monoisotopic (exact) mass is 171 g/mol. The number of nitrogens with zero attached hydrogens (tertiary/aromatic N) is 1. The van der Waals surface area contributed by atoms with Gasteiger partial charge in [-0.1, -0.05) is 0 Å². The Bertz CT molecular complexity index is 189. The molecule has 0 saturated carbocycles. The summed E-state index contributed by atoms with van der Waals surface area (Å²) >= 11 is 0. The van der Waals surface area contributed by atoms with Crippen molar-refractivity contribution in [3.8, 4) is 0 Å². The number of hydrogen-bond donors (Lipinski definition) is 2. The minimum atomic E-state index is -0.231. The van der Waals surface area contributed by atoms with Gasteiger partial charge in [-0.3, -0.25) is 0 Å². The second-order valence-corrected chi connectivity index (χ2v) is 4.87. The molecule has 2 aliphatic heterocycles. The average molecular weight is 171 g/mol. The van der Waals surface area contributed by atoms with Crippen LogP contribution in [0.25, 0.3) is 0 Å². The van der Waals surface area contributed by atoms with Crippen LogP contribution in [0.4, 0.5) is 0 Å². The topological polar surface area (TPSA) is 43.7 Å². The first-order valence-corrected chi connectivity index (χ1v) is 4.64. The molecule has 0 radical (unpaired) electrons. The molecule has 0 spiro atoms. The lowest BCUT2D eigenvalue weighted by atomic mass is 9.86. The minimum absolute atomic E-state index is 0.174. The minimum Gasteiger partial charge on any atom is -0.393 e. The second-order valence-electron chi connectivity index (χ2n) is 4.87. The van der Waals surface area contributed by atoms with Crippen molar-refractivity contribution in [2.24, 2.45) is 0 Å². The summed E-state index contributed by atoms with van der Waals surface area (Å²) < 4.78 is 0. The van der Waals surface area contributed by atoms with Crippen LogP contribution in [0.15, 0.2) is 0 Å². The molecule has 2 atom stereocenters. The Morgan fingerprint density at radius 2 is 1.58 bits per heavy atom. The summed E-state index contributed by atoms with van der Waals surface area (Å²) in [5.74, 6) is 0. The second kappa shape index (κ2) is 2.22. The van der Waals surface area contributed by atoms with Crippen LogP contribution in [0.2, 0.25) is 0 Å². The van der Waals surface area contributed by atoms with E-state index in [0.717, 1.165) is 12.8 Å². The van der Waals surface area contributed by atoms with Gasteiger partial charge in [0.2, 0.25) is 0 Å². The molecular weight excluding hydrogens is 154 g/mol. The van der Waals surface area contributed by atoms with Gasteiger partial charge in [-0.15, -0.1) is 0 Å². The van der Waals surface area contributed by atoms with Crippen molar-refractivity contribution in [3.63, 3.8) is 0 Å². The van der Waals surface area contributed by atoms with Crippen molar-refractivity contribution in [2.75, 3.05) is 0 Å². The van der Waals surface area contributed by atoms with Crippen LogP contribution in [0.1, 0.15) is 39.5 Å². The quantitative estimate of drug-likeness (QED) is 0.574. The van der Waals surface area contributed by atoms with Crippen molar-refractivity contribution in [2.45, 2.75) is 56.7 Å². The van der Waals surface area contributed by atoms with E-state index in [2.05, 4.69) is 0 Å². The third-order valence-corrected chi connectivity index (χ3v) is 3.58. The van der Waals surface area contributed by atoms with E-state index in [9.17, 15) is 10.3 Å². The molecule has 0 aliphatic carbocycles. The lowest BCUT2D eigenvalue weighted by Crippen LogP contribution is -2.56. The van der Waals surface area contributed by atoms with Gasteiger partial charge in [0.05, 0.1) is 6.10 Å². The number of hydroxylamine groups is 2. The van der Waals surface area contributed by atoms with Crippen LogP contribution in [0.3, 0.4) is 0 Å². The SMILES string of the molecule is CC12CCC(C)(CC(O)C1)N2O. The van der Waals surface area contributed by atoms with Gasteiger partial charge in [-0.05, 0) is 39.5 Å². The third kappa shape index (κ3) is 0.934. The predicted molar refractivity (Wildman–Crippen MR) is 44.9 cm³/mol. The van der Waals surface area contributed by atoms with E-state index in [0.29, 0.717) is 12.8 Å². The number of hydrogen-bond acceptors (Lipinski definition) is 3. The fourth-order valence-electron chi connectivity index (χ4n) is 2.87. The number of aliphatic hydroxyl groups excluding tert-OH is 1. The van der Waals surface area contributed by atoms with Gasteiger partial charge in [-0.2, -0.15) is 5.06 Å². The van der Waals surface area contributed by atoms with E-state index >= 15 is 0 Å². The molecule has 3 nitrogen and oxygen atoms in total. The molecule has 2 rings (SSSR count). The zero-order valence-corrected chi connectivity index (χ0v) is 7.75. The summed E-state index contributed by atoms with van der Waals surface area (Å²) in [4.78, 5) is 0. The lowest BCUT2D eigenvalue weighted by molar-refractivity contribution is -0.236. The Morgan fingerprint density at radius 1 is 1.17 bits per heavy atom. The summed E-state index contributed by atoms with van der Waals surface area (Å²) in [6.45, 7) is 4.06. The molecule has 70 valence electrons. The van der Waals surface area contributed by atoms with E-state index in [1.54, 1.807) is 0 Å². The molecule has 2 aliphatic rings. The van der Waals surface area contributed by atoms with Crippen molar-refractivity contribution in [3.05, 3.63) is 0 Å². The Hall–Kier alpha value is -0.120. The van der Waals surface area contributed by atoms with Crippen LogP contribution in [-0.2, 0) is 0 Å². The molecule has 0 aromatic heterocycles. The molecule has 0 aromatic rings. The summed E-state index contributed by atoms with van der Waals surface area (Å²) in [6.07, 6.45) is 3.18. The van der Waals surface area contributed by atoms with Crippen LogP contribution >= 0.6 is 0 Å². The van der Waals surface area contributed by atoms with Crippen LogP contribution in [0, 0.1) is 0 Å². The molecule has 0 amide bonds. The van der Waals surface area contributed by atoms with Gasteiger partial charge in [0, 0.05) is 11.1 Å². The van der Waals surface area contributed by atoms with E-state index < -0.39 is 0 Å². The van der Waals surface area contributed by atoms with Crippen molar-refractivity contribution in [1.29, 1.82) is 0 Å². The van der Waals surface area contributed by atoms with Crippen LogP contribution in [0.5, 0.6) is 0 Å². The van der Waals surface area contributed by atoms with Gasteiger partial charge in [-0.25, -0.2) is 0 Å². The summed E-state index contributed by atoms with van der Waals surface area (Å²) in [7, 11) is 0. The highest BCUT2D eigenvalue weighted by Gasteiger charge is 2.54. The number of fused-ring (bicyclic) bond motifs is 2. The standard InChI is InChI=1S/C9H17NO2/c1-8-3-4-9(2,10(8)12)6-7(11)5-8/h7,11-12H,3-6H2,1-2H3. The third-order valence-electron chi connectivity index (χ3n) is 3.58. The Balaban J connectivity index is 2.30. The largest absolute Gasteiger partial charge is 0.393 e. The van der Waals surface area contributed by atoms with E-state index in [-0.39, 0.29) is 17.2 Å². The maximum Gasteiger partial charge on any atom is 0.0577 e. The van der Waals surface area contributed by atoms with Crippen molar-refractivity contribution in [1.82, 2.24) is 5.06 Å². The Kier molecular flexibility index (Phi) is 1.57. The molecule has 2 N–H and O–H groups in total. The predicted octanol–water partition coefficient (Wildman–Crippen LogP) is 1.14. The highest BCUT2D eigenvalue weighted by atomic mass is 16.5. The van der Waals surface area contributed by atoms with Crippen LogP contribution in [-0.4, -0.2) is 32.6 Å². The Labute approximate surface area is 72.9 Å². The zero-order chi connectivity index (χ0) is 8.98. The fraction of sp³-hybridized carbons (Fsp3) is 1.00. The molecule has 2 bridgehead atoms. The van der Waals surface area contributed by atoms with Gasteiger partial charge in [0.25, 0.3) is 0 Å². The molecule has 2 saturated heterocycles. The molecule has 0 aromatic carbocycles. The smallest absolute Gasteiger partial charge is 0.0577 e. The molecule has 3 heteroatoms. The highest BCUT2D eigenvalue weighted by Crippen LogP contribution is 2.48. The zero-order valence-electron chi connectivity index (χ0n) is 7.75. The van der Waals surface area contributed by atoms with Crippen molar-refractivity contribution < 1.29 is 10.3 Å². The molecule has 2 heterocycles. The van der Waals surface area contributed by atoms with Crippen molar-refractivity contribution >= 4 is 0 Å². The van der Waals surface area contributed by atoms with Gasteiger partial charge in [0.15, 0.2) is 0 Å². The number of piperidine rings is 1. The molecule has 12 heavy (non-hydrogen) atoms. The van der Waals surface area contributed by atoms with E-state index in [1.807, 2.05) is 13.8 Å². The number of rotatable bonds is 0. The lowest BCUT2D eigenvalue weighted by Gasteiger charge is -2.45. The fourth-order valence-corrected chi connectivity index (χ4v) is 2.87. The highest BCUT2D eigenvalue weighted by molar-refractivity contribution is 5.07. The molecular formula is C9H17NO2. The Morgan fingerprint density at radius 3 is 2.00 bits per heavy atom. The van der Waals surface area contributed by atoms with Gasteiger partial charge >= 0.3 is 0 Å². The normalized spacial score (nSPS) is 54.5. The van der Waals surface area contributed by atoms with Gasteiger partial charge in [0.1, 0.15) is 0 Å².